The number of imidazole rings is 1. The van der Waals surface area contributed by atoms with Gasteiger partial charge in [-0.2, -0.15) is 5.10 Å². The van der Waals surface area contributed by atoms with Crippen molar-refractivity contribution in [2.75, 3.05) is 0 Å². The second-order valence-electron chi connectivity index (χ2n) is 8.65. The monoisotopic (exact) mass is 341 g/mol. The van der Waals surface area contributed by atoms with Crippen molar-refractivity contribution in [3.8, 4) is 5.75 Å². The zero-order valence-electron chi connectivity index (χ0n) is 16.6. The minimum absolute atomic E-state index is 0.143. The molecule has 25 heavy (non-hydrogen) atoms. The lowest BCUT2D eigenvalue weighted by molar-refractivity contribution is 0.423. The van der Waals surface area contributed by atoms with Crippen LogP contribution in [0.25, 0.3) is 0 Å². The van der Waals surface area contributed by atoms with Crippen molar-refractivity contribution >= 4 is 6.21 Å². The average Bonchev–Trinajstić information content (AvgIpc) is 2.91. The average molecular weight is 341 g/mol. The van der Waals surface area contributed by atoms with Gasteiger partial charge < -0.3 is 5.11 Å². The zero-order valence-corrected chi connectivity index (χ0v) is 16.6. The summed E-state index contributed by atoms with van der Waals surface area (Å²) in [5, 5.41) is 15.4. The van der Waals surface area contributed by atoms with Crippen molar-refractivity contribution in [2.45, 2.75) is 72.1 Å². The first-order chi connectivity index (χ1) is 11.5. The van der Waals surface area contributed by atoms with Crippen LogP contribution in [0.3, 0.4) is 0 Å². The van der Waals surface area contributed by atoms with Gasteiger partial charge in [0, 0.05) is 29.9 Å². The van der Waals surface area contributed by atoms with E-state index in [1.165, 1.54) is 0 Å². The molecule has 0 aliphatic heterocycles. The number of phenolic OH excluding ortho intramolecular Hbond substituents is 1. The van der Waals surface area contributed by atoms with Gasteiger partial charge in [-0.15, -0.1) is 0 Å². The highest BCUT2D eigenvalue weighted by Gasteiger charge is 2.26. The first-order valence-electron chi connectivity index (χ1n) is 8.98. The summed E-state index contributed by atoms with van der Waals surface area (Å²) in [5.41, 5.74) is 2.59. The second kappa shape index (κ2) is 7.03. The molecule has 4 heteroatoms. The van der Waals surface area contributed by atoms with E-state index in [4.69, 9.17) is 0 Å². The Kier molecular flexibility index (Phi) is 5.40. The predicted molar refractivity (Wildman–Crippen MR) is 105 cm³/mol. The molecular formula is C21H31N3O. The molecule has 0 fully saturated rings. The van der Waals surface area contributed by atoms with E-state index < -0.39 is 0 Å². The number of rotatable bonds is 4. The molecule has 2 rings (SSSR count). The van der Waals surface area contributed by atoms with Gasteiger partial charge in [0.1, 0.15) is 11.6 Å². The van der Waals surface area contributed by atoms with Crippen LogP contribution in [0.15, 0.2) is 29.6 Å². The van der Waals surface area contributed by atoms with Crippen molar-refractivity contribution in [2.24, 2.45) is 5.10 Å². The van der Waals surface area contributed by atoms with E-state index >= 15 is 0 Å². The van der Waals surface area contributed by atoms with Gasteiger partial charge in [-0.25, -0.2) is 9.66 Å². The standard InChI is InChI=1S/C21H31N3O/c1-8-9-18-22-10-11-24(18)23-14-15-12-16(20(2,3)4)19(25)17(13-15)21(5,6)7/h10-14,25H,8-9H2,1-7H3/b23-14+. The SMILES string of the molecule is CCCc1nccn1/N=C/c1cc(C(C)(C)C)c(O)c(C(C)(C)C)c1. The quantitative estimate of drug-likeness (QED) is 0.794. The van der Waals surface area contributed by atoms with Crippen LogP contribution in [-0.2, 0) is 17.3 Å². The molecule has 0 saturated carbocycles. The number of aromatic hydroxyl groups is 1. The molecule has 1 aromatic heterocycles. The van der Waals surface area contributed by atoms with Gasteiger partial charge in [0.15, 0.2) is 0 Å². The third-order valence-corrected chi connectivity index (χ3v) is 4.25. The summed E-state index contributed by atoms with van der Waals surface area (Å²) in [6.07, 6.45) is 7.44. The minimum atomic E-state index is -0.143. The maximum absolute atomic E-state index is 10.8. The van der Waals surface area contributed by atoms with Gasteiger partial charge >= 0.3 is 0 Å². The van der Waals surface area contributed by atoms with Crippen molar-refractivity contribution in [3.05, 3.63) is 47.0 Å². The van der Waals surface area contributed by atoms with Crippen LogP contribution in [0.2, 0.25) is 0 Å². The summed E-state index contributed by atoms with van der Waals surface area (Å²) < 4.78 is 1.82. The number of aryl methyl sites for hydroxylation is 1. The Morgan fingerprint density at radius 1 is 1.08 bits per heavy atom. The Hall–Kier alpha value is -2.10. The topological polar surface area (TPSA) is 50.4 Å². The van der Waals surface area contributed by atoms with Gasteiger partial charge in [-0.1, -0.05) is 48.5 Å². The molecule has 1 heterocycles. The summed E-state index contributed by atoms with van der Waals surface area (Å²) in [5.74, 6) is 1.36. The summed E-state index contributed by atoms with van der Waals surface area (Å²) in [6.45, 7) is 14.8. The number of hydrogen-bond donors (Lipinski definition) is 1. The van der Waals surface area contributed by atoms with Gasteiger partial charge in [-0.05, 0) is 34.9 Å². The number of benzene rings is 1. The number of aromatic nitrogens is 2. The van der Waals surface area contributed by atoms with E-state index in [1.807, 2.05) is 29.2 Å². The molecule has 1 aromatic carbocycles. The lowest BCUT2D eigenvalue weighted by Crippen LogP contribution is -2.18. The van der Waals surface area contributed by atoms with Crippen molar-refractivity contribution in [1.29, 1.82) is 0 Å². The number of nitrogens with zero attached hydrogens (tertiary/aromatic N) is 3. The molecule has 0 spiro atoms. The maximum Gasteiger partial charge on any atom is 0.129 e. The van der Waals surface area contributed by atoms with Crippen LogP contribution in [0.5, 0.6) is 5.75 Å². The maximum atomic E-state index is 10.8. The molecule has 0 aliphatic rings. The Balaban J connectivity index is 2.51. The van der Waals surface area contributed by atoms with Gasteiger partial charge in [0.2, 0.25) is 0 Å². The van der Waals surface area contributed by atoms with Gasteiger partial charge in [0.25, 0.3) is 0 Å². The summed E-state index contributed by atoms with van der Waals surface area (Å²) in [6, 6.07) is 4.06. The Labute approximate surface area is 151 Å². The highest BCUT2D eigenvalue weighted by atomic mass is 16.3. The molecule has 0 saturated heterocycles. The fraction of sp³-hybridized carbons (Fsp3) is 0.524. The third-order valence-electron chi connectivity index (χ3n) is 4.25. The largest absolute Gasteiger partial charge is 0.507 e. The van der Waals surface area contributed by atoms with E-state index in [0.29, 0.717) is 5.75 Å². The van der Waals surface area contributed by atoms with Crippen LogP contribution in [-0.4, -0.2) is 21.0 Å². The fourth-order valence-electron chi connectivity index (χ4n) is 2.84. The smallest absolute Gasteiger partial charge is 0.129 e. The van der Waals surface area contributed by atoms with E-state index in [1.54, 1.807) is 6.20 Å². The molecular weight excluding hydrogens is 310 g/mol. The van der Waals surface area contributed by atoms with Crippen LogP contribution >= 0.6 is 0 Å². The summed E-state index contributed by atoms with van der Waals surface area (Å²) >= 11 is 0. The Bertz CT molecular complexity index is 723. The highest BCUT2D eigenvalue weighted by Crippen LogP contribution is 2.39. The molecule has 0 unspecified atom stereocenters. The lowest BCUT2D eigenvalue weighted by atomic mass is 9.78. The normalized spacial score (nSPS) is 12.9. The molecule has 1 N–H and O–H groups in total. The molecule has 0 radical (unpaired) electrons. The van der Waals surface area contributed by atoms with Crippen molar-refractivity contribution in [1.82, 2.24) is 9.66 Å². The van der Waals surface area contributed by atoms with Gasteiger partial charge in [-0.3, -0.25) is 0 Å². The minimum Gasteiger partial charge on any atom is -0.507 e. The fourth-order valence-corrected chi connectivity index (χ4v) is 2.84. The molecule has 4 nitrogen and oxygen atoms in total. The molecule has 0 aliphatic carbocycles. The number of phenols is 1. The van der Waals surface area contributed by atoms with E-state index in [-0.39, 0.29) is 10.8 Å². The summed E-state index contributed by atoms with van der Waals surface area (Å²) in [4.78, 5) is 4.36. The van der Waals surface area contributed by atoms with Gasteiger partial charge in [0.05, 0.1) is 6.21 Å². The number of hydrogen-bond acceptors (Lipinski definition) is 3. The molecule has 136 valence electrons. The van der Waals surface area contributed by atoms with Crippen LogP contribution in [0, 0.1) is 0 Å². The molecule has 2 aromatic rings. The van der Waals surface area contributed by atoms with Crippen LogP contribution < -0.4 is 0 Å². The van der Waals surface area contributed by atoms with E-state index in [2.05, 4.69) is 58.6 Å². The summed E-state index contributed by atoms with van der Waals surface area (Å²) in [7, 11) is 0. The Morgan fingerprint density at radius 2 is 1.64 bits per heavy atom. The first-order valence-corrected chi connectivity index (χ1v) is 8.98. The lowest BCUT2D eigenvalue weighted by Gasteiger charge is -2.27. The molecule has 0 atom stereocenters. The second-order valence-corrected chi connectivity index (χ2v) is 8.65. The first kappa shape index (κ1) is 19.2. The van der Waals surface area contributed by atoms with Crippen molar-refractivity contribution in [3.63, 3.8) is 0 Å². The third kappa shape index (κ3) is 4.50. The van der Waals surface area contributed by atoms with Crippen molar-refractivity contribution < 1.29 is 5.11 Å². The highest BCUT2D eigenvalue weighted by molar-refractivity contribution is 5.81. The Morgan fingerprint density at radius 3 is 2.12 bits per heavy atom. The molecule has 0 bridgehead atoms. The molecule has 0 amide bonds. The van der Waals surface area contributed by atoms with Crippen LogP contribution in [0.1, 0.15) is 77.4 Å². The predicted octanol–water partition coefficient (Wildman–Crippen LogP) is 5.02. The van der Waals surface area contributed by atoms with Crippen LogP contribution in [0.4, 0.5) is 0 Å². The zero-order chi connectivity index (χ0) is 18.8. The van der Waals surface area contributed by atoms with E-state index in [0.717, 1.165) is 35.4 Å². The van der Waals surface area contributed by atoms with E-state index in [9.17, 15) is 5.11 Å².